The van der Waals surface area contributed by atoms with Crippen LogP contribution < -0.4 is 9.62 Å². The minimum Gasteiger partial charge on any atom is -0.355 e. The van der Waals surface area contributed by atoms with Crippen molar-refractivity contribution in [3.8, 4) is 0 Å². The van der Waals surface area contributed by atoms with Crippen LogP contribution in [0.15, 0.2) is 102 Å². The Bertz CT molecular complexity index is 1700. The van der Waals surface area contributed by atoms with Gasteiger partial charge >= 0.3 is 0 Å². The lowest BCUT2D eigenvalue weighted by molar-refractivity contribution is -0.140. The van der Waals surface area contributed by atoms with Crippen LogP contribution in [0, 0.1) is 19.7 Å². The summed E-state index contributed by atoms with van der Waals surface area (Å²) in [6.07, 6.45) is 0.181. The molecule has 1 atom stereocenters. The van der Waals surface area contributed by atoms with Crippen LogP contribution in [0.3, 0.4) is 0 Å². The lowest BCUT2D eigenvalue weighted by Crippen LogP contribution is -2.53. The maximum absolute atomic E-state index is 14.4. The summed E-state index contributed by atoms with van der Waals surface area (Å²) in [7, 11) is -4.25. The summed E-state index contributed by atoms with van der Waals surface area (Å²) in [5, 5.41) is 3.15. The summed E-state index contributed by atoms with van der Waals surface area (Å²) < 4.78 is 42.9. The molecule has 0 saturated carbocycles. The van der Waals surface area contributed by atoms with Crippen molar-refractivity contribution in [3.05, 3.63) is 130 Å². The normalized spacial score (nSPS) is 11.9. The molecule has 0 spiro atoms. The zero-order valence-corrected chi connectivity index (χ0v) is 26.4. The molecule has 44 heavy (non-hydrogen) atoms. The van der Waals surface area contributed by atoms with Crippen molar-refractivity contribution in [2.45, 2.75) is 44.7 Å². The minimum absolute atomic E-state index is 0.00208. The average molecular weight is 636 g/mol. The first-order valence-electron chi connectivity index (χ1n) is 14.2. The first kappa shape index (κ1) is 32.7. The highest BCUT2D eigenvalue weighted by molar-refractivity contribution is 7.92. The molecule has 0 bridgehead atoms. The quantitative estimate of drug-likeness (QED) is 0.205. The molecule has 0 fully saturated rings. The third-order valence-corrected chi connectivity index (χ3v) is 9.41. The fourth-order valence-corrected chi connectivity index (χ4v) is 6.32. The number of likely N-dealkylation sites (N-methyl/N-ethyl adjacent to an activating group) is 1. The summed E-state index contributed by atoms with van der Waals surface area (Å²) in [4.78, 5) is 29.2. The summed E-state index contributed by atoms with van der Waals surface area (Å²) in [6, 6.07) is 25.0. The summed E-state index contributed by atoms with van der Waals surface area (Å²) in [5.41, 5.74) is 3.21. The Balaban J connectivity index is 1.81. The van der Waals surface area contributed by atoms with E-state index in [-0.39, 0.29) is 23.5 Å². The van der Waals surface area contributed by atoms with Gasteiger partial charge in [0.2, 0.25) is 11.8 Å². The van der Waals surface area contributed by atoms with Crippen LogP contribution in [-0.2, 0) is 32.6 Å². The topological polar surface area (TPSA) is 86.8 Å². The van der Waals surface area contributed by atoms with Gasteiger partial charge in [-0.05, 0) is 73.9 Å². The van der Waals surface area contributed by atoms with E-state index in [4.69, 9.17) is 11.6 Å². The lowest BCUT2D eigenvalue weighted by atomic mass is 10.0. The maximum atomic E-state index is 14.4. The molecule has 4 rings (SSSR count). The molecule has 0 aliphatic heterocycles. The van der Waals surface area contributed by atoms with E-state index in [0.717, 1.165) is 21.0 Å². The predicted octanol–water partition coefficient (Wildman–Crippen LogP) is 6.07. The monoisotopic (exact) mass is 635 g/mol. The molecule has 2 amide bonds. The fraction of sp³-hybridized carbons (Fsp3) is 0.235. The highest BCUT2D eigenvalue weighted by atomic mass is 35.5. The van der Waals surface area contributed by atoms with Crippen LogP contribution >= 0.6 is 11.6 Å². The number of anilines is 1. The van der Waals surface area contributed by atoms with E-state index in [1.54, 1.807) is 38.1 Å². The highest BCUT2D eigenvalue weighted by Gasteiger charge is 2.34. The van der Waals surface area contributed by atoms with Gasteiger partial charge in [0, 0.05) is 24.5 Å². The van der Waals surface area contributed by atoms with E-state index in [0.29, 0.717) is 17.1 Å². The van der Waals surface area contributed by atoms with E-state index in [1.807, 2.05) is 37.3 Å². The number of benzene rings is 4. The van der Waals surface area contributed by atoms with Crippen molar-refractivity contribution in [2.24, 2.45) is 0 Å². The highest BCUT2D eigenvalue weighted by Crippen LogP contribution is 2.29. The van der Waals surface area contributed by atoms with E-state index in [2.05, 4.69) is 5.32 Å². The van der Waals surface area contributed by atoms with Gasteiger partial charge in [0.15, 0.2) is 0 Å². The van der Waals surface area contributed by atoms with Crippen molar-refractivity contribution in [1.82, 2.24) is 10.2 Å². The molecule has 0 aliphatic carbocycles. The molecule has 230 valence electrons. The number of hydrogen-bond acceptors (Lipinski definition) is 4. The van der Waals surface area contributed by atoms with Crippen molar-refractivity contribution in [3.63, 3.8) is 0 Å². The number of carbonyl (C=O) groups is 2. The Morgan fingerprint density at radius 2 is 1.55 bits per heavy atom. The number of rotatable bonds is 12. The number of sulfonamides is 1. The van der Waals surface area contributed by atoms with Gasteiger partial charge in [0.1, 0.15) is 18.4 Å². The molecular formula is C34H35ClFN3O4S. The zero-order chi connectivity index (χ0) is 31.9. The minimum atomic E-state index is -4.25. The average Bonchev–Trinajstić information content (AvgIpc) is 3.00. The SMILES string of the molecule is CCNC(=O)C(Cc1ccccc1)N(Cc1ccc(F)cc1)C(=O)CN(c1ccc(C)c(Cl)c1)S(=O)(=O)c1ccc(C)cc1. The number of aryl methyl sites for hydroxylation is 2. The van der Waals surface area contributed by atoms with Crippen LogP contribution in [0.5, 0.6) is 0 Å². The van der Waals surface area contributed by atoms with Crippen molar-refractivity contribution in [1.29, 1.82) is 0 Å². The lowest BCUT2D eigenvalue weighted by Gasteiger charge is -2.34. The van der Waals surface area contributed by atoms with Crippen LogP contribution in [0.1, 0.15) is 29.2 Å². The summed E-state index contributed by atoms with van der Waals surface area (Å²) >= 11 is 6.41. The Labute approximate surface area is 263 Å². The van der Waals surface area contributed by atoms with Gasteiger partial charge in [0.05, 0.1) is 10.6 Å². The van der Waals surface area contributed by atoms with Crippen molar-refractivity contribution >= 4 is 39.1 Å². The van der Waals surface area contributed by atoms with Gasteiger partial charge in [-0.25, -0.2) is 12.8 Å². The van der Waals surface area contributed by atoms with E-state index in [9.17, 15) is 22.4 Å². The van der Waals surface area contributed by atoms with Crippen LogP contribution in [-0.4, -0.2) is 44.3 Å². The number of hydrogen-bond donors (Lipinski definition) is 1. The molecule has 0 aromatic heterocycles. The number of carbonyl (C=O) groups excluding carboxylic acids is 2. The Morgan fingerprint density at radius 1 is 0.886 bits per heavy atom. The van der Waals surface area contributed by atoms with Gasteiger partial charge in [0.25, 0.3) is 10.0 Å². The first-order chi connectivity index (χ1) is 21.0. The predicted molar refractivity (Wildman–Crippen MR) is 171 cm³/mol. The van der Waals surface area contributed by atoms with E-state index >= 15 is 0 Å². The Morgan fingerprint density at radius 3 is 2.16 bits per heavy atom. The van der Waals surface area contributed by atoms with Crippen LogP contribution in [0.2, 0.25) is 5.02 Å². The van der Waals surface area contributed by atoms with Gasteiger partial charge in [-0.2, -0.15) is 0 Å². The molecule has 4 aromatic carbocycles. The van der Waals surface area contributed by atoms with Crippen LogP contribution in [0.25, 0.3) is 0 Å². The number of nitrogens with zero attached hydrogens (tertiary/aromatic N) is 2. The summed E-state index contributed by atoms with van der Waals surface area (Å²) in [6.45, 7) is 5.08. The molecule has 7 nitrogen and oxygen atoms in total. The third kappa shape index (κ3) is 8.03. The molecule has 10 heteroatoms. The molecule has 4 aromatic rings. The van der Waals surface area contributed by atoms with Crippen molar-refractivity contribution < 1.29 is 22.4 Å². The smallest absolute Gasteiger partial charge is 0.264 e. The van der Waals surface area contributed by atoms with Gasteiger partial charge in [-0.3, -0.25) is 13.9 Å². The largest absolute Gasteiger partial charge is 0.355 e. The number of amides is 2. The van der Waals surface area contributed by atoms with Crippen molar-refractivity contribution in [2.75, 3.05) is 17.4 Å². The molecule has 1 N–H and O–H groups in total. The third-order valence-electron chi connectivity index (χ3n) is 7.22. The molecular weight excluding hydrogens is 601 g/mol. The standard InChI is InChI=1S/C34H35ClFN3O4S/c1-4-37-34(41)32(20-26-8-6-5-7-9-26)38(22-27-13-15-28(36)16-14-27)33(40)23-39(29-17-12-25(3)31(35)21-29)44(42,43)30-18-10-24(2)11-19-30/h5-19,21,32H,4,20,22-23H2,1-3H3,(H,37,41). The second kappa shape index (κ2) is 14.5. The number of nitrogens with one attached hydrogen (secondary N) is 1. The van der Waals surface area contributed by atoms with Gasteiger partial charge in [-0.1, -0.05) is 77.8 Å². The number of halogens is 2. The molecule has 0 aliphatic rings. The Hall–Kier alpha value is -4.21. The Kier molecular flexibility index (Phi) is 10.8. The van der Waals surface area contributed by atoms with E-state index in [1.165, 1.54) is 47.4 Å². The molecule has 0 heterocycles. The zero-order valence-electron chi connectivity index (χ0n) is 24.8. The van der Waals surface area contributed by atoms with Crippen LogP contribution in [0.4, 0.5) is 10.1 Å². The molecule has 1 unspecified atom stereocenters. The van der Waals surface area contributed by atoms with Gasteiger partial charge in [-0.15, -0.1) is 0 Å². The maximum Gasteiger partial charge on any atom is 0.264 e. The second-order valence-corrected chi connectivity index (χ2v) is 12.8. The van der Waals surface area contributed by atoms with Gasteiger partial charge < -0.3 is 10.2 Å². The first-order valence-corrected chi connectivity index (χ1v) is 16.0. The fourth-order valence-electron chi connectivity index (χ4n) is 4.74. The van der Waals surface area contributed by atoms with E-state index < -0.39 is 40.2 Å². The molecule has 0 radical (unpaired) electrons. The summed E-state index contributed by atoms with van der Waals surface area (Å²) in [5.74, 6) is -1.45. The molecule has 0 saturated heterocycles. The second-order valence-electron chi connectivity index (χ2n) is 10.5.